The van der Waals surface area contributed by atoms with Crippen LogP contribution in [0.25, 0.3) is 0 Å². The van der Waals surface area contributed by atoms with Crippen LogP contribution in [0, 0.1) is 0 Å². The quantitative estimate of drug-likeness (QED) is 0.625. The number of carbonyl (C=O) groups is 1. The van der Waals surface area contributed by atoms with Gasteiger partial charge in [-0.05, 0) is 12.8 Å². The van der Waals surface area contributed by atoms with Crippen molar-refractivity contribution in [3.63, 3.8) is 0 Å². The topological polar surface area (TPSA) is 57.5 Å². The van der Waals surface area contributed by atoms with Gasteiger partial charge in [0.1, 0.15) is 0 Å². The van der Waals surface area contributed by atoms with Crippen molar-refractivity contribution >= 4 is 17.7 Å². The molecule has 4 heteroatoms. The Morgan fingerprint density at radius 1 is 1.70 bits per heavy atom. The Labute approximate surface area is 63.4 Å². The maximum Gasteiger partial charge on any atom is 0.333 e. The van der Waals surface area contributed by atoms with Gasteiger partial charge in [-0.2, -0.15) is 11.8 Å². The molecule has 2 N–H and O–H groups in total. The summed E-state index contributed by atoms with van der Waals surface area (Å²) in [5, 5.41) is 17.7. The first-order chi connectivity index (χ1) is 4.70. The lowest BCUT2D eigenvalue weighted by Gasteiger charge is -2.02. The number of aliphatic carboxylic acids is 1. The molecule has 1 atom stereocenters. The fraction of sp³-hybridized carbons (Fsp3) is 0.833. The Morgan fingerprint density at radius 3 is 2.70 bits per heavy atom. The molecule has 0 saturated heterocycles. The Morgan fingerprint density at radius 2 is 2.30 bits per heavy atom. The van der Waals surface area contributed by atoms with Gasteiger partial charge in [0, 0.05) is 11.0 Å². The zero-order valence-electron chi connectivity index (χ0n) is 5.49. The van der Waals surface area contributed by atoms with E-state index in [-0.39, 0.29) is 0 Å². The lowest BCUT2D eigenvalue weighted by molar-refractivity contribution is -0.145. The molecule has 1 fully saturated rings. The number of hydrogen-bond donors (Lipinski definition) is 2. The summed E-state index contributed by atoms with van der Waals surface area (Å²) in [5.74, 6) is -0.784. The molecule has 0 bridgehead atoms. The van der Waals surface area contributed by atoms with Crippen molar-refractivity contribution in [1.29, 1.82) is 0 Å². The highest BCUT2D eigenvalue weighted by Gasteiger charge is 2.24. The van der Waals surface area contributed by atoms with Gasteiger partial charge in [-0.25, -0.2) is 4.79 Å². The Bertz CT molecular complexity index is 133. The highest BCUT2D eigenvalue weighted by Crippen LogP contribution is 2.34. The van der Waals surface area contributed by atoms with Crippen LogP contribution in [-0.2, 0) is 4.79 Å². The number of aliphatic hydroxyl groups excluding tert-OH is 1. The lowest BCUT2D eigenvalue weighted by Crippen LogP contribution is -2.22. The molecule has 0 aliphatic heterocycles. The molecule has 0 aromatic heterocycles. The molecule has 1 rings (SSSR count). The third-order valence-corrected chi connectivity index (χ3v) is 2.75. The van der Waals surface area contributed by atoms with E-state index < -0.39 is 12.1 Å². The average Bonchev–Trinajstić information content (AvgIpc) is 2.64. The van der Waals surface area contributed by atoms with Crippen molar-refractivity contribution < 1.29 is 15.0 Å². The molecule has 0 heterocycles. The highest BCUT2D eigenvalue weighted by atomic mass is 32.2. The van der Waals surface area contributed by atoms with E-state index in [1.807, 2.05) is 0 Å². The summed E-state index contributed by atoms with van der Waals surface area (Å²) in [7, 11) is 0. The van der Waals surface area contributed by atoms with Gasteiger partial charge in [0.2, 0.25) is 0 Å². The molecule has 1 aliphatic carbocycles. The van der Waals surface area contributed by atoms with Crippen LogP contribution in [0.2, 0.25) is 0 Å². The smallest absolute Gasteiger partial charge is 0.333 e. The third-order valence-electron chi connectivity index (χ3n) is 1.30. The van der Waals surface area contributed by atoms with Crippen LogP contribution in [0.4, 0.5) is 0 Å². The van der Waals surface area contributed by atoms with Crippen molar-refractivity contribution in [2.24, 2.45) is 0 Å². The molecule has 0 aromatic rings. The Kier molecular flexibility index (Phi) is 2.56. The second-order valence-corrected chi connectivity index (χ2v) is 3.72. The fourth-order valence-electron chi connectivity index (χ4n) is 0.533. The van der Waals surface area contributed by atoms with Crippen LogP contribution in [0.1, 0.15) is 12.8 Å². The van der Waals surface area contributed by atoms with E-state index in [0.29, 0.717) is 11.0 Å². The predicted octanol–water partition coefficient (Wildman–Crippen LogP) is 0.328. The first-order valence-electron chi connectivity index (χ1n) is 3.22. The Balaban J connectivity index is 2.05. The molecular weight excluding hydrogens is 152 g/mol. The summed E-state index contributed by atoms with van der Waals surface area (Å²) >= 11 is 1.55. The van der Waals surface area contributed by atoms with Crippen LogP contribution in [0.15, 0.2) is 0 Å². The number of aliphatic hydroxyl groups is 1. The van der Waals surface area contributed by atoms with Crippen LogP contribution in [0.3, 0.4) is 0 Å². The SMILES string of the molecule is O=C(O)C(O)CSC1CC1. The minimum absolute atomic E-state index is 0.333. The molecule has 0 spiro atoms. The van der Waals surface area contributed by atoms with Crippen molar-refractivity contribution in [3.05, 3.63) is 0 Å². The van der Waals surface area contributed by atoms with Gasteiger partial charge in [0.05, 0.1) is 0 Å². The van der Waals surface area contributed by atoms with E-state index >= 15 is 0 Å². The van der Waals surface area contributed by atoms with Gasteiger partial charge in [0.15, 0.2) is 6.10 Å². The van der Waals surface area contributed by atoms with Gasteiger partial charge in [-0.15, -0.1) is 0 Å². The summed E-state index contributed by atoms with van der Waals surface area (Å²) < 4.78 is 0. The van der Waals surface area contributed by atoms with Gasteiger partial charge in [-0.3, -0.25) is 0 Å². The van der Waals surface area contributed by atoms with E-state index in [1.54, 1.807) is 11.8 Å². The van der Waals surface area contributed by atoms with Gasteiger partial charge in [-0.1, -0.05) is 0 Å². The minimum Gasteiger partial charge on any atom is -0.479 e. The van der Waals surface area contributed by atoms with Crippen molar-refractivity contribution in [1.82, 2.24) is 0 Å². The molecule has 0 radical (unpaired) electrons. The first kappa shape index (κ1) is 7.88. The van der Waals surface area contributed by atoms with E-state index in [4.69, 9.17) is 10.2 Å². The zero-order valence-corrected chi connectivity index (χ0v) is 6.30. The summed E-state index contributed by atoms with van der Waals surface area (Å²) in [6.45, 7) is 0. The molecule has 1 saturated carbocycles. The molecule has 3 nitrogen and oxygen atoms in total. The molecule has 0 amide bonds. The Hall–Kier alpha value is -0.220. The van der Waals surface area contributed by atoms with Crippen molar-refractivity contribution in [2.45, 2.75) is 24.2 Å². The van der Waals surface area contributed by atoms with E-state index in [1.165, 1.54) is 12.8 Å². The van der Waals surface area contributed by atoms with E-state index in [9.17, 15) is 4.79 Å². The second kappa shape index (κ2) is 3.25. The summed E-state index contributed by atoms with van der Waals surface area (Å²) in [5.41, 5.74) is 0. The summed E-state index contributed by atoms with van der Waals surface area (Å²) in [6, 6.07) is 0. The standard InChI is InChI=1S/C6H10O3S/c7-5(6(8)9)3-10-4-1-2-4/h4-5,7H,1-3H2,(H,8,9). The normalized spacial score (nSPS) is 20.5. The van der Waals surface area contributed by atoms with Crippen molar-refractivity contribution in [3.8, 4) is 0 Å². The summed E-state index contributed by atoms with van der Waals surface area (Å²) in [4.78, 5) is 10.1. The molecular formula is C6H10O3S. The molecule has 58 valence electrons. The number of thioether (sulfide) groups is 1. The fourth-order valence-corrected chi connectivity index (χ4v) is 1.60. The largest absolute Gasteiger partial charge is 0.479 e. The number of hydrogen-bond acceptors (Lipinski definition) is 3. The summed E-state index contributed by atoms with van der Waals surface area (Å²) in [6.07, 6.45) is 1.18. The number of rotatable bonds is 4. The van der Waals surface area contributed by atoms with Crippen molar-refractivity contribution in [2.75, 3.05) is 5.75 Å². The number of carboxylic acids is 1. The highest BCUT2D eigenvalue weighted by molar-refractivity contribution is 8.00. The molecule has 0 aromatic carbocycles. The molecule has 1 unspecified atom stereocenters. The van der Waals surface area contributed by atoms with Crippen LogP contribution in [-0.4, -0.2) is 33.3 Å². The van der Waals surface area contributed by atoms with Crippen LogP contribution >= 0.6 is 11.8 Å². The second-order valence-electron chi connectivity index (χ2n) is 2.39. The lowest BCUT2D eigenvalue weighted by atomic mass is 10.4. The first-order valence-corrected chi connectivity index (χ1v) is 4.27. The molecule has 1 aliphatic rings. The molecule has 10 heavy (non-hydrogen) atoms. The van der Waals surface area contributed by atoms with Gasteiger partial charge < -0.3 is 10.2 Å². The van der Waals surface area contributed by atoms with Gasteiger partial charge >= 0.3 is 5.97 Å². The number of carboxylic acid groups (broad SMARTS) is 1. The van der Waals surface area contributed by atoms with Gasteiger partial charge in [0.25, 0.3) is 0 Å². The predicted molar refractivity (Wildman–Crippen MR) is 39.1 cm³/mol. The zero-order chi connectivity index (χ0) is 7.56. The van der Waals surface area contributed by atoms with E-state index in [0.717, 1.165) is 0 Å². The monoisotopic (exact) mass is 162 g/mol. The van der Waals surface area contributed by atoms with Crippen LogP contribution in [0.5, 0.6) is 0 Å². The third kappa shape index (κ3) is 2.58. The minimum atomic E-state index is -1.18. The average molecular weight is 162 g/mol. The maximum atomic E-state index is 10.1. The maximum absolute atomic E-state index is 10.1. The van der Waals surface area contributed by atoms with E-state index in [2.05, 4.69) is 0 Å². The van der Waals surface area contributed by atoms with Crippen LogP contribution < -0.4 is 0 Å².